The van der Waals surface area contributed by atoms with Crippen molar-refractivity contribution in [2.75, 3.05) is 12.4 Å². The maximum Gasteiger partial charge on any atom is 0.273 e. The Kier molecular flexibility index (Phi) is 6.05. The Morgan fingerprint density at radius 1 is 1.33 bits per heavy atom. The largest absolute Gasteiger partial charge is 0.494 e. The first-order valence-corrected chi connectivity index (χ1v) is 8.22. The first-order chi connectivity index (χ1) is 11.4. The van der Waals surface area contributed by atoms with Crippen LogP contribution >= 0.6 is 23.4 Å². The van der Waals surface area contributed by atoms with E-state index < -0.39 is 10.2 Å². The van der Waals surface area contributed by atoms with Gasteiger partial charge in [0.25, 0.3) is 5.69 Å². The van der Waals surface area contributed by atoms with E-state index in [0.29, 0.717) is 10.7 Å². The van der Waals surface area contributed by atoms with Crippen LogP contribution < -0.4 is 10.1 Å². The van der Waals surface area contributed by atoms with Crippen molar-refractivity contribution in [3.05, 3.63) is 57.6 Å². The van der Waals surface area contributed by atoms with Gasteiger partial charge in [0.05, 0.1) is 34.1 Å². The molecule has 2 aromatic rings. The number of hydrogen-bond acceptors (Lipinski definition) is 5. The summed E-state index contributed by atoms with van der Waals surface area (Å²) in [6.45, 7) is 1.75. The Balaban J connectivity index is 2.11. The van der Waals surface area contributed by atoms with Crippen molar-refractivity contribution in [1.29, 1.82) is 0 Å². The Labute approximate surface area is 148 Å². The molecule has 1 amide bonds. The number of non-ortho nitro benzene ring substituents is 1. The van der Waals surface area contributed by atoms with Crippen LogP contribution in [-0.4, -0.2) is 23.2 Å². The molecule has 0 fully saturated rings. The van der Waals surface area contributed by atoms with Crippen molar-refractivity contribution in [3.63, 3.8) is 0 Å². The zero-order valence-corrected chi connectivity index (χ0v) is 14.6. The van der Waals surface area contributed by atoms with Gasteiger partial charge in [-0.25, -0.2) is 0 Å². The zero-order valence-electron chi connectivity index (χ0n) is 13.0. The highest BCUT2D eigenvalue weighted by Gasteiger charge is 2.19. The third-order valence-corrected chi connectivity index (χ3v) is 4.78. The van der Waals surface area contributed by atoms with Gasteiger partial charge < -0.3 is 10.1 Å². The summed E-state index contributed by atoms with van der Waals surface area (Å²) in [6, 6.07) is 11.3. The highest BCUT2D eigenvalue weighted by atomic mass is 35.5. The molecule has 8 heteroatoms. The van der Waals surface area contributed by atoms with E-state index in [-0.39, 0.29) is 17.3 Å². The van der Waals surface area contributed by atoms with Crippen LogP contribution in [0.1, 0.15) is 6.92 Å². The molecule has 24 heavy (non-hydrogen) atoms. The fourth-order valence-electron chi connectivity index (χ4n) is 1.92. The van der Waals surface area contributed by atoms with Crippen LogP contribution in [0, 0.1) is 10.1 Å². The van der Waals surface area contributed by atoms with Gasteiger partial charge in [0.15, 0.2) is 0 Å². The number of rotatable bonds is 6. The van der Waals surface area contributed by atoms with E-state index in [4.69, 9.17) is 16.3 Å². The van der Waals surface area contributed by atoms with Gasteiger partial charge in [-0.05, 0) is 25.1 Å². The lowest BCUT2D eigenvalue weighted by Crippen LogP contribution is -2.22. The lowest BCUT2D eigenvalue weighted by atomic mass is 10.2. The minimum atomic E-state index is -0.524. The molecule has 6 nitrogen and oxygen atoms in total. The fraction of sp³-hybridized carbons (Fsp3) is 0.188. The number of halogens is 1. The number of methoxy groups -OCH3 is 1. The quantitative estimate of drug-likeness (QED) is 0.466. The maximum atomic E-state index is 12.4. The summed E-state index contributed by atoms with van der Waals surface area (Å²) in [5.74, 6) is -0.0282. The van der Waals surface area contributed by atoms with Gasteiger partial charge in [0.2, 0.25) is 5.91 Å². The van der Waals surface area contributed by atoms with E-state index in [1.165, 1.54) is 37.1 Å². The number of ether oxygens (including phenoxy) is 1. The Hall–Kier alpha value is -2.25. The number of benzene rings is 2. The normalized spacial score (nSPS) is 11.6. The Morgan fingerprint density at radius 3 is 2.67 bits per heavy atom. The number of nitrogens with zero attached hydrogens (tertiary/aromatic N) is 1. The molecular formula is C16H15ClN2O4S. The highest BCUT2D eigenvalue weighted by Crippen LogP contribution is 2.32. The summed E-state index contributed by atoms with van der Waals surface area (Å²) in [7, 11) is 1.39. The number of thioether (sulfide) groups is 1. The van der Waals surface area contributed by atoms with Crippen molar-refractivity contribution < 1.29 is 14.5 Å². The van der Waals surface area contributed by atoms with Gasteiger partial charge in [-0.2, -0.15) is 0 Å². The summed E-state index contributed by atoms with van der Waals surface area (Å²) in [6.07, 6.45) is 0. The fourth-order valence-corrected chi connectivity index (χ4v) is 3.07. The van der Waals surface area contributed by atoms with Crippen LogP contribution in [0.2, 0.25) is 5.02 Å². The third-order valence-electron chi connectivity index (χ3n) is 3.16. The molecule has 0 aliphatic rings. The van der Waals surface area contributed by atoms with Gasteiger partial charge in [0, 0.05) is 11.0 Å². The second-order valence-electron chi connectivity index (χ2n) is 4.82. The molecule has 0 unspecified atom stereocenters. The number of carbonyl (C=O) groups is 1. The van der Waals surface area contributed by atoms with Crippen LogP contribution in [0.15, 0.2) is 47.4 Å². The van der Waals surface area contributed by atoms with Crippen LogP contribution in [0.4, 0.5) is 11.4 Å². The van der Waals surface area contributed by atoms with E-state index in [0.717, 1.165) is 4.90 Å². The minimum absolute atomic E-state index is 0.108. The topological polar surface area (TPSA) is 81.5 Å². The molecule has 0 saturated heterocycles. The van der Waals surface area contributed by atoms with Crippen molar-refractivity contribution >= 4 is 40.6 Å². The predicted octanol–water partition coefficient (Wildman–Crippen LogP) is 4.38. The van der Waals surface area contributed by atoms with E-state index in [1.54, 1.807) is 13.0 Å². The van der Waals surface area contributed by atoms with Crippen molar-refractivity contribution in [2.45, 2.75) is 17.1 Å². The van der Waals surface area contributed by atoms with E-state index >= 15 is 0 Å². The molecule has 0 heterocycles. The molecule has 0 aliphatic carbocycles. The van der Waals surface area contributed by atoms with Gasteiger partial charge in [0.1, 0.15) is 5.75 Å². The number of nitro groups is 1. The summed E-state index contributed by atoms with van der Waals surface area (Å²) in [5.41, 5.74) is 0.267. The molecule has 0 spiro atoms. The number of nitrogens with one attached hydrogen (secondary N) is 1. The molecule has 126 valence electrons. The first-order valence-electron chi connectivity index (χ1n) is 6.97. The number of anilines is 1. The Morgan fingerprint density at radius 2 is 2.04 bits per heavy atom. The van der Waals surface area contributed by atoms with Crippen molar-refractivity contribution in [2.24, 2.45) is 0 Å². The van der Waals surface area contributed by atoms with Crippen LogP contribution in [0.5, 0.6) is 5.75 Å². The van der Waals surface area contributed by atoms with Crippen LogP contribution in [-0.2, 0) is 4.79 Å². The number of amides is 1. The smallest absolute Gasteiger partial charge is 0.273 e. The zero-order chi connectivity index (χ0) is 17.7. The first kappa shape index (κ1) is 18.1. The second-order valence-corrected chi connectivity index (χ2v) is 6.61. The molecular weight excluding hydrogens is 352 g/mol. The van der Waals surface area contributed by atoms with Crippen LogP contribution in [0.3, 0.4) is 0 Å². The van der Waals surface area contributed by atoms with Crippen molar-refractivity contribution in [1.82, 2.24) is 0 Å². The monoisotopic (exact) mass is 366 g/mol. The lowest BCUT2D eigenvalue weighted by Gasteiger charge is -2.14. The molecule has 0 bridgehead atoms. The molecule has 0 radical (unpaired) electrons. The second kappa shape index (κ2) is 8.03. The molecule has 0 aromatic heterocycles. The van der Waals surface area contributed by atoms with E-state index in [1.807, 2.05) is 18.2 Å². The van der Waals surface area contributed by atoms with E-state index in [2.05, 4.69) is 5.32 Å². The van der Waals surface area contributed by atoms with Crippen molar-refractivity contribution in [3.8, 4) is 5.75 Å². The molecule has 0 aliphatic heterocycles. The molecule has 2 rings (SSSR count). The highest BCUT2D eigenvalue weighted by molar-refractivity contribution is 8.00. The third kappa shape index (κ3) is 4.39. The number of carbonyl (C=O) groups excluding carboxylic acids is 1. The molecule has 1 atom stereocenters. The summed E-state index contributed by atoms with van der Waals surface area (Å²) >= 11 is 7.42. The van der Waals surface area contributed by atoms with Crippen LogP contribution in [0.25, 0.3) is 0 Å². The van der Waals surface area contributed by atoms with Gasteiger partial charge >= 0.3 is 0 Å². The lowest BCUT2D eigenvalue weighted by molar-refractivity contribution is -0.384. The summed E-state index contributed by atoms with van der Waals surface area (Å²) in [5, 5.41) is 13.7. The maximum absolute atomic E-state index is 12.4. The molecule has 1 N–H and O–H groups in total. The average molecular weight is 367 g/mol. The predicted molar refractivity (Wildman–Crippen MR) is 95.0 cm³/mol. The molecule has 0 saturated carbocycles. The summed E-state index contributed by atoms with van der Waals surface area (Å²) < 4.78 is 5.11. The number of hydrogen-bond donors (Lipinski definition) is 1. The van der Waals surface area contributed by atoms with E-state index in [9.17, 15) is 14.9 Å². The van der Waals surface area contributed by atoms with Gasteiger partial charge in [-0.3, -0.25) is 14.9 Å². The van der Waals surface area contributed by atoms with Gasteiger partial charge in [-0.15, -0.1) is 11.8 Å². The average Bonchev–Trinajstić information content (AvgIpc) is 2.56. The van der Waals surface area contributed by atoms with Gasteiger partial charge in [-0.1, -0.05) is 23.7 Å². The summed E-state index contributed by atoms with van der Waals surface area (Å²) in [4.78, 5) is 23.4. The standard InChI is InChI=1S/C16H15ClN2O4S/c1-10(24-15-6-4-3-5-12(15)17)16(20)18-13-8-7-11(19(21)22)9-14(13)23-2/h3-10H,1-2H3,(H,18,20)/t10-/m1/s1. The molecule has 2 aromatic carbocycles. The Bertz CT molecular complexity index is 769. The number of nitro benzene ring substituents is 1. The minimum Gasteiger partial charge on any atom is -0.494 e. The SMILES string of the molecule is COc1cc([N+](=O)[O-])ccc1NC(=O)[C@@H](C)Sc1ccccc1Cl.